The number of pyridine rings is 1. The van der Waals surface area contributed by atoms with Gasteiger partial charge in [-0.25, -0.2) is 4.99 Å². The zero-order valence-corrected chi connectivity index (χ0v) is 18.0. The molecular formula is C25H25N3O4. The third-order valence-electron chi connectivity index (χ3n) is 6.08. The van der Waals surface area contributed by atoms with Crippen molar-refractivity contribution in [1.29, 1.82) is 0 Å². The van der Waals surface area contributed by atoms with Gasteiger partial charge in [-0.3, -0.25) is 4.98 Å². The highest BCUT2D eigenvalue weighted by molar-refractivity contribution is 5.78. The zero-order valence-electron chi connectivity index (χ0n) is 18.0. The quantitative estimate of drug-likeness (QED) is 0.634. The summed E-state index contributed by atoms with van der Waals surface area (Å²) in [6, 6.07) is 15.6. The molecule has 1 aromatic heterocycles. The van der Waals surface area contributed by atoms with E-state index < -0.39 is 11.1 Å². The SMILES string of the molecule is CCC(C)(O)COc1ccc2c(c1)[C@]1(COC(N)=N1)c1cc(-c3cccnc3)ccc1O2. The molecule has 2 atom stereocenters. The van der Waals surface area contributed by atoms with E-state index in [1.807, 2.05) is 55.6 Å². The highest BCUT2D eigenvalue weighted by Gasteiger charge is 2.47. The maximum Gasteiger partial charge on any atom is 0.283 e. The average molecular weight is 431 g/mol. The predicted octanol–water partition coefficient (Wildman–Crippen LogP) is 3.98. The van der Waals surface area contributed by atoms with Gasteiger partial charge in [0.2, 0.25) is 0 Å². The molecule has 1 spiro atoms. The Bertz CT molecular complexity index is 1190. The Morgan fingerprint density at radius 3 is 2.59 bits per heavy atom. The molecule has 0 saturated carbocycles. The van der Waals surface area contributed by atoms with Crippen molar-refractivity contribution < 1.29 is 19.3 Å². The Morgan fingerprint density at radius 1 is 1.12 bits per heavy atom. The maximum absolute atomic E-state index is 10.3. The lowest BCUT2D eigenvalue weighted by atomic mass is 9.80. The Balaban J connectivity index is 1.60. The number of fused-ring (bicyclic) bond motifs is 4. The van der Waals surface area contributed by atoms with Gasteiger partial charge in [0.15, 0.2) is 5.54 Å². The molecule has 3 heterocycles. The van der Waals surface area contributed by atoms with Crippen LogP contribution in [0.3, 0.4) is 0 Å². The second kappa shape index (κ2) is 7.53. The lowest BCUT2D eigenvalue weighted by molar-refractivity contribution is 0.00840. The van der Waals surface area contributed by atoms with Crippen molar-refractivity contribution >= 4 is 6.02 Å². The monoisotopic (exact) mass is 431 g/mol. The number of aliphatic hydroxyl groups is 1. The maximum atomic E-state index is 10.3. The molecule has 1 unspecified atom stereocenters. The minimum absolute atomic E-state index is 0.135. The number of hydrogen-bond donors (Lipinski definition) is 2. The number of rotatable bonds is 5. The largest absolute Gasteiger partial charge is 0.491 e. The van der Waals surface area contributed by atoms with Crippen molar-refractivity contribution in [2.24, 2.45) is 10.7 Å². The van der Waals surface area contributed by atoms with Gasteiger partial charge in [-0.15, -0.1) is 0 Å². The Labute approximate surface area is 186 Å². The first-order chi connectivity index (χ1) is 15.4. The molecule has 3 N–H and O–H groups in total. The first kappa shape index (κ1) is 20.3. The molecule has 7 heteroatoms. The smallest absolute Gasteiger partial charge is 0.283 e. The van der Waals surface area contributed by atoms with Crippen LogP contribution in [0, 0.1) is 0 Å². The van der Waals surface area contributed by atoms with Gasteiger partial charge in [-0.2, -0.15) is 0 Å². The molecule has 3 aromatic rings. The molecule has 0 fully saturated rings. The second-order valence-electron chi connectivity index (χ2n) is 8.45. The molecule has 7 nitrogen and oxygen atoms in total. The topological polar surface area (TPSA) is 99.2 Å². The summed E-state index contributed by atoms with van der Waals surface area (Å²) in [7, 11) is 0. The standard InChI is InChI=1S/C25H25N3O4/c1-3-24(2,29)14-30-18-7-9-22-20(12-18)25(15-31-23(26)28-25)19-11-16(6-8-21(19)32-22)17-5-4-10-27-13-17/h4-13,29H,3,14-15H2,1-2H3,(H2,26,28)/t24?,25-/m0/s1. The number of nitrogens with zero attached hydrogens (tertiary/aromatic N) is 2. The highest BCUT2D eigenvalue weighted by Crippen LogP contribution is 2.52. The highest BCUT2D eigenvalue weighted by atomic mass is 16.5. The predicted molar refractivity (Wildman–Crippen MR) is 121 cm³/mol. The molecule has 2 aromatic carbocycles. The number of ether oxygens (including phenoxy) is 3. The summed E-state index contributed by atoms with van der Waals surface area (Å²) in [5.41, 5.74) is 7.89. The van der Waals surface area contributed by atoms with Crippen LogP contribution in [-0.4, -0.2) is 34.9 Å². The molecule has 0 bridgehead atoms. The number of amidine groups is 1. The van der Waals surface area contributed by atoms with E-state index in [0.717, 1.165) is 22.3 Å². The molecule has 0 radical (unpaired) electrons. The fourth-order valence-corrected chi connectivity index (χ4v) is 3.98. The summed E-state index contributed by atoms with van der Waals surface area (Å²) in [6.07, 6.45) is 4.15. The summed E-state index contributed by atoms with van der Waals surface area (Å²) in [5.74, 6) is 1.99. The van der Waals surface area contributed by atoms with Gasteiger partial charge in [0, 0.05) is 29.1 Å². The number of nitrogens with two attached hydrogens (primary N) is 1. The van der Waals surface area contributed by atoms with E-state index >= 15 is 0 Å². The van der Waals surface area contributed by atoms with Crippen LogP contribution >= 0.6 is 0 Å². The van der Waals surface area contributed by atoms with Gasteiger partial charge >= 0.3 is 0 Å². The number of hydrogen-bond acceptors (Lipinski definition) is 7. The molecule has 2 aliphatic heterocycles. The molecule has 2 aliphatic rings. The summed E-state index contributed by atoms with van der Waals surface area (Å²) >= 11 is 0. The van der Waals surface area contributed by atoms with E-state index in [1.165, 1.54) is 0 Å². The van der Waals surface area contributed by atoms with E-state index in [0.29, 0.717) is 23.7 Å². The Kier molecular flexibility index (Phi) is 4.78. The number of aliphatic imine (C=N–C) groups is 1. The fourth-order valence-electron chi connectivity index (χ4n) is 3.98. The molecule has 0 amide bonds. The van der Waals surface area contributed by atoms with Crippen LogP contribution in [-0.2, 0) is 10.3 Å². The molecule has 164 valence electrons. The fraction of sp³-hybridized carbons (Fsp3) is 0.280. The van der Waals surface area contributed by atoms with Crippen LogP contribution in [0.5, 0.6) is 17.2 Å². The third-order valence-corrected chi connectivity index (χ3v) is 6.08. The van der Waals surface area contributed by atoms with Crippen LogP contribution < -0.4 is 15.2 Å². The van der Waals surface area contributed by atoms with E-state index in [4.69, 9.17) is 24.9 Å². The summed E-state index contributed by atoms with van der Waals surface area (Å²) in [5, 5.41) is 10.3. The summed E-state index contributed by atoms with van der Waals surface area (Å²) in [6.45, 7) is 4.11. The van der Waals surface area contributed by atoms with Gasteiger partial charge in [0.25, 0.3) is 6.02 Å². The Morgan fingerprint density at radius 2 is 1.91 bits per heavy atom. The van der Waals surface area contributed by atoms with Crippen molar-refractivity contribution in [3.05, 3.63) is 72.1 Å². The first-order valence-electron chi connectivity index (χ1n) is 10.6. The van der Waals surface area contributed by atoms with Crippen LogP contribution in [0.2, 0.25) is 0 Å². The van der Waals surface area contributed by atoms with Gasteiger partial charge in [-0.1, -0.05) is 19.1 Å². The molecule has 0 saturated heterocycles. The average Bonchev–Trinajstić information content (AvgIpc) is 3.21. The number of benzene rings is 2. The Hall–Kier alpha value is -3.58. The van der Waals surface area contributed by atoms with Crippen molar-refractivity contribution in [2.75, 3.05) is 13.2 Å². The third kappa shape index (κ3) is 3.44. The van der Waals surface area contributed by atoms with Crippen LogP contribution in [0.1, 0.15) is 31.4 Å². The van der Waals surface area contributed by atoms with E-state index in [9.17, 15) is 5.11 Å². The zero-order chi connectivity index (χ0) is 22.3. The molecule has 32 heavy (non-hydrogen) atoms. The van der Waals surface area contributed by atoms with Gasteiger partial charge in [0.05, 0.1) is 5.60 Å². The van der Waals surface area contributed by atoms with Gasteiger partial charge < -0.3 is 25.1 Å². The molecule has 0 aliphatic carbocycles. The van der Waals surface area contributed by atoms with Crippen molar-refractivity contribution in [2.45, 2.75) is 31.4 Å². The van der Waals surface area contributed by atoms with Crippen molar-refractivity contribution in [3.8, 4) is 28.4 Å². The normalized spacial score (nSPS) is 20.4. The van der Waals surface area contributed by atoms with Crippen LogP contribution in [0.25, 0.3) is 11.1 Å². The van der Waals surface area contributed by atoms with E-state index in [-0.39, 0.29) is 19.2 Å². The molecule has 5 rings (SSSR count). The van der Waals surface area contributed by atoms with Gasteiger partial charge in [0.1, 0.15) is 30.5 Å². The van der Waals surface area contributed by atoms with Crippen LogP contribution in [0.4, 0.5) is 0 Å². The lowest BCUT2D eigenvalue weighted by Gasteiger charge is -2.34. The summed E-state index contributed by atoms with van der Waals surface area (Å²) < 4.78 is 17.8. The van der Waals surface area contributed by atoms with Gasteiger partial charge in [-0.05, 0) is 55.3 Å². The second-order valence-corrected chi connectivity index (χ2v) is 8.45. The van der Waals surface area contributed by atoms with E-state index in [1.54, 1.807) is 13.1 Å². The minimum atomic E-state index is -0.908. The summed E-state index contributed by atoms with van der Waals surface area (Å²) in [4.78, 5) is 8.96. The first-order valence-corrected chi connectivity index (χ1v) is 10.6. The van der Waals surface area contributed by atoms with Crippen LogP contribution in [0.15, 0.2) is 65.9 Å². The number of aromatic nitrogens is 1. The van der Waals surface area contributed by atoms with E-state index in [2.05, 4.69) is 11.1 Å². The van der Waals surface area contributed by atoms with Crippen molar-refractivity contribution in [1.82, 2.24) is 4.98 Å². The lowest BCUT2D eigenvalue weighted by Crippen LogP contribution is -2.32. The molecular weight excluding hydrogens is 406 g/mol. The van der Waals surface area contributed by atoms with Crippen molar-refractivity contribution in [3.63, 3.8) is 0 Å². The minimum Gasteiger partial charge on any atom is -0.491 e.